The Kier molecular flexibility index (Phi) is 5.31. The number of morpholine rings is 1. The molecule has 1 aromatic heterocycles. The van der Waals surface area contributed by atoms with E-state index in [1.807, 2.05) is 38.1 Å². The Morgan fingerprint density at radius 3 is 2.34 bits per heavy atom. The topological polar surface area (TPSA) is 76.5 Å². The number of fused-ring (bicyclic) bond motifs is 1. The van der Waals surface area contributed by atoms with Crippen molar-refractivity contribution in [2.45, 2.75) is 19.9 Å². The van der Waals surface area contributed by atoms with Gasteiger partial charge in [-0.2, -0.15) is 5.10 Å². The Labute approximate surface area is 168 Å². The van der Waals surface area contributed by atoms with Gasteiger partial charge in [-0.15, -0.1) is 0 Å². The lowest BCUT2D eigenvalue weighted by molar-refractivity contribution is 0.102. The second-order valence-corrected chi connectivity index (χ2v) is 7.34. The monoisotopic (exact) mass is 392 g/mol. The van der Waals surface area contributed by atoms with E-state index in [-0.39, 0.29) is 23.2 Å². The molecule has 0 unspecified atom stereocenters. The minimum Gasteiger partial charge on any atom is -0.378 e. The number of aromatic nitrogens is 2. The maximum absolute atomic E-state index is 13.0. The van der Waals surface area contributed by atoms with Crippen LogP contribution in [0.3, 0.4) is 0 Å². The van der Waals surface area contributed by atoms with E-state index in [9.17, 15) is 9.59 Å². The lowest BCUT2D eigenvalue weighted by Gasteiger charge is -2.28. The molecule has 0 radical (unpaired) electrons. The number of ether oxygens (including phenoxy) is 1. The summed E-state index contributed by atoms with van der Waals surface area (Å²) in [6.07, 6.45) is 0. The molecule has 0 saturated carbocycles. The average molecular weight is 392 g/mol. The van der Waals surface area contributed by atoms with E-state index in [2.05, 4.69) is 15.3 Å². The number of benzene rings is 2. The lowest BCUT2D eigenvalue weighted by Crippen LogP contribution is -2.36. The molecule has 1 saturated heterocycles. The number of anilines is 2. The zero-order valence-electron chi connectivity index (χ0n) is 16.6. The molecule has 0 aliphatic carbocycles. The standard InChI is InChI=1S/C22H24N4O3/c1-15(2)26-22(28)19-6-4-3-5-18(19)20(24-26)21(27)23-16-7-9-17(10-8-16)25-11-13-29-14-12-25/h3-10,15H,11-14H2,1-2H3,(H,23,27). The van der Waals surface area contributed by atoms with E-state index < -0.39 is 0 Å². The number of carbonyl (C=O) groups excluding carboxylic acids is 1. The van der Waals surface area contributed by atoms with Gasteiger partial charge in [0.25, 0.3) is 11.5 Å². The van der Waals surface area contributed by atoms with Gasteiger partial charge in [0.2, 0.25) is 0 Å². The van der Waals surface area contributed by atoms with Crippen LogP contribution in [-0.2, 0) is 4.74 Å². The zero-order valence-corrected chi connectivity index (χ0v) is 16.6. The normalized spacial score (nSPS) is 14.4. The highest BCUT2D eigenvalue weighted by atomic mass is 16.5. The third kappa shape index (κ3) is 3.86. The molecule has 7 heteroatoms. The summed E-state index contributed by atoms with van der Waals surface area (Å²) in [5.74, 6) is -0.338. The summed E-state index contributed by atoms with van der Waals surface area (Å²) < 4.78 is 6.75. The predicted molar refractivity (Wildman–Crippen MR) is 114 cm³/mol. The molecule has 1 N–H and O–H groups in total. The highest BCUT2D eigenvalue weighted by Gasteiger charge is 2.18. The Morgan fingerprint density at radius 1 is 1.03 bits per heavy atom. The van der Waals surface area contributed by atoms with Crippen molar-refractivity contribution in [3.05, 3.63) is 64.6 Å². The van der Waals surface area contributed by atoms with E-state index in [0.717, 1.165) is 32.0 Å². The summed E-state index contributed by atoms with van der Waals surface area (Å²) in [4.78, 5) is 27.9. The van der Waals surface area contributed by atoms with Crippen LogP contribution in [0.15, 0.2) is 53.3 Å². The molecule has 0 atom stereocenters. The summed E-state index contributed by atoms with van der Waals surface area (Å²) >= 11 is 0. The van der Waals surface area contributed by atoms with Gasteiger partial charge >= 0.3 is 0 Å². The summed E-state index contributed by atoms with van der Waals surface area (Å²) in [6.45, 7) is 6.91. The number of carbonyl (C=O) groups is 1. The largest absolute Gasteiger partial charge is 0.378 e. The quantitative estimate of drug-likeness (QED) is 0.738. The minimum atomic E-state index is -0.338. The molecule has 1 aliphatic rings. The predicted octanol–water partition coefficient (Wildman–Crippen LogP) is 3.07. The third-order valence-corrected chi connectivity index (χ3v) is 5.03. The number of hydrogen-bond donors (Lipinski definition) is 1. The molecular formula is C22H24N4O3. The molecule has 7 nitrogen and oxygen atoms in total. The van der Waals surface area contributed by atoms with Crippen molar-refractivity contribution in [2.75, 3.05) is 36.5 Å². The van der Waals surface area contributed by atoms with Gasteiger partial charge in [0.05, 0.1) is 24.6 Å². The van der Waals surface area contributed by atoms with E-state index in [1.54, 1.807) is 24.3 Å². The molecule has 1 aliphatic heterocycles. The summed E-state index contributed by atoms with van der Waals surface area (Å²) in [6, 6.07) is 14.7. The van der Waals surface area contributed by atoms with Crippen molar-refractivity contribution in [1.29, 1.82) is 0 Å². The number of nitrogens with one attached hydrogen (secondary N) is 1. The molecule has 3 aromatic rings. The molecule has 0 spiro atoms. The second-order valence-electron chi connectivity index (χ2n) is 7.34. The van der Waals surface area contributed by atoms with Crippen molar-refractivity contribution in [2.24, 2.45) is 0 Å². The maximum atomic E-state index is 13.0. The molecule has 2 aromatic carbocycles. The number of rotatable bonds is 4. The van der Waals surface area contributed by atoms with Crippen molar-refractivity contribution >= 4 is 28.1 Å². The summed E-state index contributed by atoms with van der Waals surface area (Å²) in [7, 11) is 0. The van der Waals surface area contributed by atoms with Crippen molar-refractivity contribution < 1.29 is 9.53 Å². The summed E-state index contributed by atoms with van der Waals surface area (Å²) in [5.41, 5.74) is 1.83. The van der Waals surface area contributed by atoms with Gasteiger partial charge in [-0.25, -0.2) is 4.68 Å². The van der Waals surface area contributed by atoms with Crippen LogP contribution in [0.1, 0.15) is 30.4 Å². The first-order valence-electron chi connectivity index (χ1n) is 9.80. The highest BCUT2D eigenvalue weighted by molar-refractivity contribution is 6.11. The van der Waals surface area contributed by atoms with Crippen LogP contribution in [0.25, 0.3) is 10.8 Å². The van der Waals surface area contributed by atoms with Crippen molar-refractivity contribution in [1.82, 2.24) is 9.78 Å². The molecule has 1 amide bonds. The van der Waals surface area contributed by atoms with E-state index >= 15 is 0 Å². The Bertz CT molecular complexity index is 1080. The molecule has 0 bridgehead atoms. The number of hydrogen-bond acceptors (Lipinski definition) is 5. The molecule has 4 rings (SSSR count). The van der Waals surface area contributed by atoms with E-state index in [4.69, 9.17) is 4.74 Å². The van der Waals surface area contributed by atoms with Crippen LogP contribution < -0.4 is 15.8 Å². The fourth-order valence-electron chi connectivity index (χ4n) is 3.49. The first kappa shape index (κ1) is 19.1. The van der Waals surface area contributed by atoms with Gasteiger partial charge in [0.1, 0.15) is 0 Å². The van der Waals surface area contributed by atoms with Crippen molar-refractivity contribution in [3.8, 4) is 0 Å². The zero-order chi connectivity index (χ0) is 20.4. The Hall–Kier alpha value is -3.19. The Morgan fingerprint density at radius 2 is 1.69 bits per heavy atom. The molecule has 1 fully saturated rings. The second kappa shape index (κ2) is 8.05. The van der Waals surface area contributed by atoms with Gasteiger partial charge in [-0.05, 0) is 44.2 Å². The summed E-state index contributed by atoms with van der Waals surface area (Å²) in [5, 5.41) is 8.31. The van der Waals surface area contributed by atoms with Crippen LogP contribution in [0.2, 0.25) is 0 Å². The smallest absolute Gasteiger partial charge is 0.276 e. The van der Waals surface area contributed by atoms with Crippen LogP contribution in [0, 0.1) is 0 Å². The Balaban J connectivity index is 1.62. The minimum absolute atomic E-state index is 0.147. The fourth-order valence-corrected chi connectivity index (χ4v) is 3.49. The van der Waals surface area contributed by atoms with Gasteiger partial charge < -0.3 is 15.0 Å². The first-order valence-corrected chi connectivity index (χ1v) is 9.80. The average Bonchev–Trinajstić information content (AvgIpc) is 2.75. The van der Waals surface area contributed by atoms with Gasteiger partial charge in [0.15, 0.2) is 5.69 Å². The molecular weight excluding hydrogens is 368 g/mol. The molecule has 2 heterocycles. The van der Waals surface area contributed by atoms with E-state index in [0.29, 0.717) is 16.5 Å². The van der Waals surface area contributed by atoms with Crippen LogP contribution >= 0.6 is 0 Å². The highest BCUT2D eigenvalue weighted by Crippen LogP contribution is 2.21. The van der Waals surface area contributed by atoms with Crippen LogP contribution in [0.4, 0.5) is 11.4 Å². The van der Waals surface area contributed by atoms with Crippen LogP contribution in [0.5, 0.6) is 0 Å². The van der Waals surface area contributed by atoms with E-state index in [1.165, 1.54) is 4.68 Å². The number of amides is 1. The SMILES string of the molecule is CC(C)n1nc(C(=O)Nc2ccc(N3CCOCC3)cc2)c2ccccc2c1=O. The lowest BCUT2D eigenvalue weighted by atomic mass is 10.1. The van der Waals surface area contributed by atoms with Crippen LogP contribution in [-0.4, -0.2) is 42.0 Å². The number of nitrogens with zero attached hydrogens (tertiary/aromatic N) is 3. The van der Waals surface area contributed by atoms with Crippen molar-refractivity contribution in [3.63, 3.8) is 0 Å². The third-order valence-electron chi connectivity index (χ3n) is 5.03. The molecule has 29 heavy (non-hydrogen) atoms. The fraction of sp³-hybridized carbons (Fsp3) is 0.318. The maximum Gasteiger partial charge on any atom is 0.276 e. The van der Waals surface area contributed by atoms with Gasteiger partial charge in [-0.3, -0.25) is 9.59 Å². The molecule has 150 valence electrons. The van der Waals surface area contributed by atoms with Gasteiger partial charge in [0, 0.05) is 29.9 Å². The van der Waals surface area contributed by atoms with Gasteiger partial charge in [-0.1, -0.05) is 18.2 Å². The first-order chi connectivity index (χ1) is 14.0.